The molecule has 1 fully saturated rings. The second-order valence-electron chi connectivity index (χ2n) is 10.5. The number of anilines is 1. The van der Waals surface area contributed by atoms with Crippen molar-refractivity contribution in [3.63, 3.8) is 0 Å². The maximum absolute atomic E-state index is 13.4. The molecule has 2 heterocycles. The monoisotopic (exact) mass is 528 g/mol. The van der Waals surface area contributed by atoms with Gasteiger partial charge in [0.05, 0.1) is 18.2 Å². The smallest absolute Gasteiger partial charge is 0.257 e. The third-order valence-corrected chi connectivity index (χ3v) is 8.41. The highest BCUT2D eigenvalue weighted by Crippen LogP contribution is 2.29. The van der Waals surface area contributed by atoms with Gasteiger partial charge in [-0.05, 0) is 37.8 Å². The number of carbonyl (C=O) groups excluding carboxylic acids is 2. The molecule has 2 aliphatic rings. The Balaban J connectivity index is 1.59. The van der Waals surface area contributed by atoms with E-state index in [0.717, 1.165) is 43.8 Å². The van der Waals surface area contributed by atoms with Gasteiger partial charge in [0.15, 0.2) is 0 Å². The lowest BCUT2D eigenvalue weighted by molar-refractivity contribution is -0.120. The van der Waals surface area contributed by atoms with Gasteiger partial charge in [-0.25, -0.2) is 4.98 Å². The Kier molecular flexibility index (Phi) is 9.56. The van der Waals surface area contributed by atoms with Crippen molar-refractivity contribution in [1.82, 2.24) is 14.8 Å². The zero-order valence-corrected chi connectivity index (χ0v) is 23.3. The number of ether oxygens (including phenoxy) is 2. The Morgan fingerprint density at radius 2 is 2.00 bits per heavy atom. The summed E-state index contributed by atoms with van der Waals surface area (Å²) in [4.78, 5) is 34.8. The molecular weight excluding hydrogens is 488 g/mol. The number of carbonyl (C=O) groups is 2. The first-order chi connectivity index (χ1) is 17.9. The Morgan fingerprint density at radius 1 is 1.22 bits per heavy atom. The average molecular weight is 529 g/mol. The van der Waals surface area contributed by atoms with Gasteiger partial charge in [0, 0.05) is 62.5 Å². The standard InChI is InChI=1S/C28H40N4O4S/c1-19-15-32(17-26-29-12-13-37-26)20(2)18-36-24-14-22(30-27(33)21-8-6-5-7-9-21)10-11-23(24)28(34)31(3)16-25(19)35-4/h10-14,19-21,25H,5-9,15-18H2,1-4H3,(H,30,33)/t19-,20+,25+/m0/s1. The van der Waals surface area contributed by atoms with Crippen LogP contribution in [0.2, 0.25) is 0 Å². The fourth-order valence-corrected chi connectivity index (χ4v) is 5.90. The topological polar surface area (TPSA) is 84.0 Å². The fourth-order valence-electron chi connectivity index (χ4n) is 5.26. The Bertz CT molecular complexity index is 1040. The largest absolute Gasteiger partial charge is 0.491 e. The van der Waals surface area contributed by atoms with Gasteiger partial charge in [-0.3, -0.25) is 14.5 Å². The van der Waals surface area contributed by atoms with Gasteiger partial charge in [0.1, 0.15) is 17.4 Å². The number of nitrogens with one attached hydrogen (secondary N) is 1. The van der Waals surface area contributed by atoms with Gasteiger partial charge in [0.2, 0.25) is 5.91 Å². The third-order valence-electron chi connectivity index (χ3n) is 7.64. The molecule has 0 unspecified atom stereocenters. The number of hydrogen-bond donors (Lipinski definition) is 1. The number of methoxy groups -OCH3 is 1. The molecule has 2 aromatic rings. The number of fused-ring (bicyclic) bond motifs is 1. The summed E-state index contributed by atoms with van der Waals surface area (Å²) in [7, 11) is 3.50. The van der Waals surface area contributed by atoms with Crippen LogP contribution in [0.15, 0.2) is 29.8 Å². The van der Waals surface area contributed by atoms with Crippen LogP contribution in [0.1, 0.15) is 61.3 Å². The summed E-state index contributed by atoms with van der Waals surface area (Å²) < 4.78 is 12.1. The molecule has 1 N–H and O–H groups in total. The van der Waals surface area contributed by atoms with E-state index in [9.17, 15) is 9.59 Å². The molecule has 3 atom stereocenters. The van der Waals surface area contributed by atoms with Crippen molar-refractivity contribution in [1.29, 1.82) is 0 Å². The van der Waals surface area contributed by atoms with Crippen LogP contribution in [-0.4, -0.2) is 72.6 Å². The van der Waals surface area contributed by atoms with Crippen molar-refractivity contribution in [3.05, 3.63) is 40.3 Å². The highest BCUT2D eigenvalue weighted by Gasteiger charge is 2.29. The molecule has 1 aliphatic carbocycles. The van der Waals surface area contributed by atoms with Crippen molar-refractivity contribution < 1.29 is 19.1 Å². The number of nitrogens with zero attached hydrogens (tertiary/aromatic N) is 3. The first-order valence-corrected chi connectivity index (χ1v) is 14.2. The van der Waals surface area contributed by atoms with Crippen molar-refractivity contribution in [2.45, 2.75) is 64.6 Å². The molecule has 202 valence electrons. The maximum Gasteiger partial charge on any atom is 0.257 e. The molecule has 0 radical (unpaired) electrons. The molecule has 1 aliphatic heterocycles. The number of likely N-dealkylation sites (N-methyl/N-ethyl adjacent to an activating group) is 1. The molecule has 1 aromatic carbocycles. The third kappa shape index (κ3) is 7.09. The van der Waals surface area contributed by atoms with E-state index < -0.39 is 0 Å². The summed E-state index contributed by atoms with van der Waals surface area (Å²) in [6, 6.07) is 5.43. The zero-order chi connectivity index (χ0) is 26.4. The van der Waals surface area contributed by atoms with Crippen LogP contribution in [0.3, 0.4) is 0 Å². The van der Waals surface area contributed by atoms with Gasteiger partial charge < -0.3 is 19.7 Å². The number of aromatic nitrogens is 1. The second kappa shape index (κ2) is 12.8. The Labute approximate surface area is 224 Å². The lowest BCUT2D eigenvalue weighted by Gasteiger charge is -2.35. The molecule has 0 saturated heterocycles. The lowest BCUT2D eigenvalue weighted by atomic mass is 9.88. The van der Waals surface area contributed by atoms with Crippen LogP contribution in [-0.2, 0) is 16.1 Å². The van der Waals surface area contributed by atoms with Crippen LogP contribution in [0.5, 0.6) is 5.75 Å². The minimum Gasteiger partial charge on any atom is -0.491 e. The summed E-state index contributed by atoms with van der Waals surface area (Å²) in [6.07, 6.45) is 6.99. The SMILES string of the molecule is CO[C@@H]1CN(C)C(=O)c2ccc(NC(=O)C3CCCCC3)cc2OC[C@@H](C)N(Cc2nccs2)C[C@@H]1C. The van der Waals surface area contributed by atoms with E-state index in [1.807, 2.05) is 11.6 Å². The molecule has 4 rings (SSSR count). The summed E-state index contributed by atoms with van der Waals surface area (Å²) in [5.74, 6) is 0.662. The number of hydrogen-bond acceptors (Lipinski definition) is 7. The van der Waals surface area contributed by atoms with Gasteiger partial charge in [-0.2, -0.15) is 0 Å². The molecule has 2 amide bonds. The summed E-state index contributed by atoms with van der Waals surface area (Å²) in [6.45, 7) is 6.68. The van der Waals surface area contributed by atoms with Gasteiger partial charge in [-0.15, -0.1) is 11.3 Å². The predicted octanol–water partition coefficient (Wildman–Crippen LogP) is 4.67. The van der Waals surface area contributed by atoms with Crippen LogP contribution in [0, 0.1) is 11.8 Å². The van der Waals surface area contributed by atoms with E-state index in [2.05, 4.69) is 29.0 Å². The first-order valence-electron chi connectivity index (χ1n) is 13.3. The van der Waals surface area contributed by atoms with E-state index >= 15 is 0 Å². The number of rotatable bonds is 5. The summed E-state index contributed by atoms with van der Waals surface area (Å²) >= 11 is 1.65. The number of benzene rings is 1. The average Bonchev–Trinajstić information content (AvgIpc) is 3.42. The lowest BCUT2D eigenvalue weighted by Crippen LogP contribution is -2.46. The van der Waals surface area contributed by atoms with Crippen molar-refractivity contribution in [3.8, 4) is 5.75 Å². The van der Waals surface area contributed by atoms with Crippen LogP contribution >= 0.6 is 11.3 Å². The molecule has 1 saturated carbocycles. The fraction of sp³-hybridized carbons (Fsp3) is 0.607. The quantitative estimate of drug-likeness (QED) is 0.607. The van der Waals surface area contributed by atoms with Crippen molar-refractivity contribution in [2.75, 3.05) is 39.2 Å². The minimum absolute atomic E-state index is 0.0517. The Hall–Kier alpha value is -2.49. The van der Waals surface area contributed by atoms with Crippen LogP contribution < -0.4 is 10.1 Å². The van der Waals surface area contributed by atoms with E-state index in [1.165, 1.54) is 6.42 Å². The van der Waals surface area contributed by atoms with Gasteiger partial charge in [-0.1, -0.05) is 26.2 Å². The van der Waals surface area contributed by atoms with Crippen molar-refractivity contribution >= 4 is 28.8 Å². The maximum atomic E-state index is 13.4. The molecule has 1 aromatic heterocycles. The normalized spacial score (nSPS) is 24.5. The van der Waals surface area contributed by atoms with Crippen molar-refractivity contribution in [2.24, 2.45) is 11.8 Å². The molecule has 37 heavy (non-hydrogen) atoms. The van der Waals surface area contributed by atoms with Gasteiger partial charge >= 0.3 is 0 Å². The van der Waals surface area contributed by atoms with E-state index in [1.54, 1.807) is 48.6 Å². The summed E-state index contributed by atoms with van der Waals surface area (Å²) in [5, 5.41) is 6.12. The predicted molar refractivity (Wildman–Crippen MR) is 146 cm³/mol. The van der Waals surface area contributed by atoms with Crippen LogP contribution in [0.25, 0.3) is 0 Å². The Morgan fingerprint density at radius 3 is 2.70 bits per heavy atom. The number of thiazole rings is 1. The highest BCUT2D eigenvalue weighted by atomic mass is 32.1. The minimum atomic E-state index is -0.123. The first kappa shape index (κ1) is 27.5. The second-order valence-corrected chi connectivity index (χ2v) is 11.5. The number of amides is 2. The highest BCUT2D eigenvalue weighted by molar-refractivity contribution is 7.09. The summed E-state index contributed by atoms with van der Waals surface area (Å²) in [5.41, 5.74) is 1.15. The van der Waals surface area contributed by atoms with E-state index in [4.69, 9.17) is 9.47 Å². The molecule has 8 nitrogen and oxygen atoms in total. The van der Waals surface area contributed by atoms with Crippen LogP contribution in [0.4, 0.5) is 5.69 Å². The molecule has 0 spiro atoms. The van der Waals surface area contributed by atoms with E-state index in [-0.39, 0.29) is 35.8 Å². The molecule has 0 bridgehead atoms. The zero-order valence-electron chi connectivity index (χ0n) is 22.4. The molecular formula is C28H40N4O4S. The van der Waals surface area contributed by atoms with E-state index in [0.29, 0.717) is 30.2 Å². The van der Waals surface area contributed by atoms with Gasteiger partial charge in [0.25, 0.3) is 5.91 Å². The molecule has 9 heteroatoms.